The maximum atomic E-state index is 9.99. The van der Waals surface area contributed by atoms with Crippen molar-refractivity contribution in [2.24, 2.45) is 0 Å². The molecule has 1 aliphatic rings. The maximum absolute atomic E-state index is 9.99. The van der Waals surface area contributed by atoms with Gasteiger partial charge in [0.2, 0.25) is 0 Å². The highest BCUT2D eigenvalue weighted by molar-refractivity contribution is 8.17. The number of aliphatic hydroxyl groups excluding tert-OH is 1. The first-order chi connectivity index (χ1) is 9.34. The summed E-state index contributed by atoms with van der Waals surface area (Å²) >= 11 is 3.98. The summed E-state index contributed by atoms with van der Waals surface area (Å²) in [7, 11) is 0. The summed E-state index contributed by atoms with van der Waals surface area (Å²) in [6.07, 6.45) is 2.72. The van der Waals surface area contributed by atoms with E-state index in [1.165, 1.54) is 23.5 Å². The molecule has 0 spiro atoms. The van der Waals surface area contributed by atoms with E-state index in [0.29, 0.717) is 17.8 Å². The summed E-state index contributed by atoms with van der Waals surface area (Å²) in [6.45, 7) is 1.28. The lowest BCUT2D eigenvalue weighted by atomic mass is 10.2. The first-order valence-electron chi connectivity index (χ1n) is 6.87. The van der Waals surface area contributed by atoms with Gasteiger partial charge >= 0.3 is 0 Å². The summed E-state index contributed by atoms with van der Waals surface area (Å²) < 4.78 is 6.19. The summed E-state index contributed by atoms with van der Waals surface area (Å²) in [5.41, 5.74) is 1.19. The number of ether oxygens (including phenoxy) is 1. The second-order valence-electron chi connectivity index (χ2n) is 4.74. The van der Waals surface area contributed by atoms with E-state index < -0.39 is 0 Å². The van der Waals surface area contributed by atoms with Crippen LogP contribution in [0, 0.1) is 0 Å². The Labute approximate surface area is 124 Å². The molecule has 1 atom stereocenters. The number of hydrogen-bond donors (Lipinski definition) is 1. The van der Waals surface area contributed by atoms with E-state index in [1.54, 1.807) is 0 Å². The zero-order chi connectivity index (χ0) is 13.3. The number of benzene rings is 1. The van der Waals surface area contributed by atoms with Gasteiger partial charge in [0.15, 0.2) is 0 Å². The summed E-state index contributed by atoms with van der Waals surface area (Å²) in [6, 6.07) is 10.2. The van der Waals surface area contributed by atoms with Crippen molar-refractivity contribution in [2.45, 2.75) is 36.6 Å². The van der Waals surface area contributed by atoms with Gasteiger partial charge in [0.05, 0.1) is 17.3 Å². The van der Waals surface area contributed by atoms with Gasteiger partial charge in [-0.15, -0.1) is 23.5 Å². The number of thioether (sulfide) groups is 2. The van der Waals surface area contributed by atoms with Crippen LogP contribution in [0.1, 0.15) is 24.8 Å². The SMILES string of the molecule is O[C@H](CCOCc1ccccc1)CC1SCCCS1. The Morgan fingerprint density at radius 2 is 1.95 bits per heavy atom. The van der Waals surface area contributed by atoms with Crippen molar-refractivity contribution >= 4 is 23.5 Å². The van der Waals surface area contributed by atoms with Gasteiger partial charge < -0.3 is 9.84 Å². The molecule has 1 heterocycles. The van der Waals surface area contributed by atoms with E-state index in [9.17, 15) is 5.11 Å². The van der Waals surface area contributed by atoms with E-state index in [-0.39, 0.29) is 6.10 Å². The zero-order valence-corrected chi connectivity index (χ0v) is 12.8. The molecule has 1 fully saturated rings. The molecule has 0 aliphatic carbocycles. The fraction of sp³-hybridized carbons (Fsp3) is 0.600. The van der Waals surface area contributed by atoms with Crippen LogP contribution in [-0.2, 0) is 11.3 Å². The second-order valence-corrected chi connectivity index (χ2v) is 7.66. The van der Waals surface area contributed by atoms with Gasteiger partial charge in [0.25, 0.3) is 0 Å². The van der Waals surface area contributed by atoms with Crippen LogP contribution in [0.2, 0.25) is 0 Å². The van der Waals surface area contributed by atoms with Gasteiger partial charge in [0, 0.05) is 6.61 Å². The van der Waals surface area contributed by atoms with Crippen molar-refractivity contribution in [3.05, 3.63) is 35.9 Å². The van der Waals surface area contributed by atoms with Crippen LogP contribution in [0.3, 0.4) is 0 Å². The van der Waals surface area contributed by atoms with Crippen LogP contribution < -0.4 is 0 Å². The molecule has 0 radical (unpaired) electrons. The lowest BCUT2D eigenvalue weighted by Gasteiger charge is -2.23. The monoisotopic (exact) mass is 298 g/mol. The third-order valence-corrected chi connectivity index (χ3v) is 6.06. The Morgan fingerprint density at radius 3 is 2.68 bits per heavy atom. The molecule has 19 heavy (non-hydrogen) atoms. The predicted molar refractivity (Wildman–Crippen MR) is 84.7 cm³/mol. The lowest BCUT2D eigenvalue weighted by molar-refractivity contribution is 0.0718. The molecule has 1 aromatic rings. The Hall–Kier alpha value is -0.160. The molecule has 2 rings (SSSR count). The quantitative estimate of drug-likeness (QED) is 0.780. The Kier molecular flexibility index (Phi) is 7.14. The smallest absolute Gasteiger partial charge is 0.0716 e. The Morgan fingerprint density at radius 1 is 1.21 bits per heavy atom. The number of rotatable bonds is 7. The first kappa shape index (κ1) is 15.2. The number of aliphatic hydroxyl groups is 1. The largest absolute Gasteiger partial charge is 0.393 e. The zero-order valence-electron chi connectivity index (χ0n) is 11.2. The van der Waals surface area contributed by atoms with Crippen LogP contribution >= 0.6 is 23.5 Å². The van der Waals surface area contributed by atoms with E-state index in [4.69, 9.17) is 4.74 Å². The van der Waals surface area contributed by atoms with Crippen molar-refractivity contribution in [1.82, 2.24) is 0 Å². The molecule has 1 N–H and O–H groups in total. The van der Waals surface area contributed by atoms with E-state index >= 15 is 0 Å². The molecule has 106 valence electrons. The van der Waals surface area contributed by atoms with Gasteiger partial charge in [-0.25, -0.2) is 0 Å². The van der Waals surface area contributed by atoms with E-state index in [1.807, 2.05) is 41.7 Å². The summed E-state index contributed by atoms with van der Waals surface area (Å²) in [5, 5.41) is 9.99. The molecule has 4 heteroatoms. The third kappa shape index (κ3) is 6.21. The van der Waals surface area contributed by atoms with Crippen molar-refractivity contribution < 1.29 is 9.84 Å². The molecule has 0 amide bonds. The standard InChI is InChI=1S/C15H22O2S2/c16-14(11-15-18-9-4-10-19-15)7-8-17-12-13-5-2-1-3-6-13/h1-3,5-6,14-16H,4,7-12H2/t14-/m1/s1. The Bertz CT molecular complexity index is 339. The minimum Gasteiger partial charge on any atom is -0.393 e. The number of hydrogen-bond acceptors (Lipinski definition) is 4. The molecule has 0 unspecified atom stereocenters. The van der Waals surface area contributed by atoms with Crippen molar-refractivity contribution in [1.29, 1.82) is 0 Å². The van der Waals surface area contributed by atoms with Crippen molar-refractivity contribution in [3.63, 3.8) is 0 Å². The highest BCUT2D eigenvalue weighted by atomic mass is 32.2. The van der Waals surface area contributed by atoms with Crippen LogP contribution in [-0.4, -0.2) is 33.9 Å². The normalized spacial score (nSPS) is 18.4. The molecule has 0 saturated carbocycles. The van der Waals surface area contributed by atoms with Gasteiger partial charge in [-0.3, -0.25) is 0 Å². The average molecular weight is 298 g/mol. The third-order valence-electron chi connectivity index (χ3n) is 3.07. The van der Waals surface area contributed by atoms with Crippen LogP contribution in [0.4, 0.5) is 0 Å². The van der Waals surface area contributed by atoms with Gasteiger partial charge in [-0.05, 0) is 36.3 Å². The highest BCUT2D eigenvalue weighted by Gasteiger charge is 2.18. The van der Waals surface area contributed by atoms with Crippen molar-refractivity contribution in [2.75, 3.05) is 18.1 Å². The average Bonchev–Trinajstić information content (AvgIpc) is 2.46. The molecule has 2 nitrogen and oxygen atoms in total. The second kappa shape index (κ2) is 8.90. The highest BCUT2D eigenvalue weighted by Crippen LogP contribution is 2.33. The molecular weight excluding hydrogens is 276 g/mol. The van der Waals surface area contributed by atoms with Crippen molar-refractivity contribution in [3.8, 4) is 0 Å². The predicted octanol–water partition coefficient (Wildman–Crippen LogP) is 3.54. The molecule has 0 aromatic heterocycles. The minimum absolute atomic E-state index is 0.223. The molecule has 0 bridgehead atoms. The molecule has 1 aliphatic heterocycles. The lowest BCUT2D eigenvalue weighted by Crippen LogP contribution is -2.18. The summed E-state index contributed by atoms with van der Waals surface area (Å²) in [4.78, 5) is 0. The molecular formula is C15H22O2S2. The summed E-state index contributed by atoms with van der Waals surface area (Å²) in [5.74, 6) is 2.49. The van der Waals surface area contributed by atoms with Gasteiger partial charge in [-0.2, -0.15) is 0 Å². The van der Waals surface area contributed by atoms with E-state index in [2.05, 4.69) is 12.1 Å². The minimum atomic E-state index is -0.223. The Balaban J connectivity index is 1.55. The topological polar surface area (TPSA) is 29.5 Å². The fourth-order valence-corrected chi connectivity index (χ4v) is 5.01. The van der Waals surface area contributed by atoms with Crippen LogP contribution in [0.15, 0.2) is 30.3 Å². The van der Waals surface area contributed by atoms with E-state index in [0.717, 1.165) is 12.8 Å². The van der Waals surface area contributed by atoms with Crippen LogP contribution in [0.5, 0.6) is 0 Å². The fourth-order valence-electron chi connectivity index (χ4n) is 2.00. The first-order valence-corrected chi connectivity index (χ1v) is 8.97. The van der Waals surface area contributed by atoms with Crippen LogP contribution in [0.25, 0.3) is 0 Å². The molecule has 1 aromatic carbocycles. The maximum Gasteiger partial charge on any atom is 0.0716 e. The van der Waals surface area contributed by atoms with Gasteiger partial charge in [-0.1, -0.05) is 30.3 Å². The molecule has 1 saturated heterocycles. The van der Waals surface area contributed by atoms with Gasteiger partial charge in [0.1, 0.15) is 0 Å².